The van der Waals surface area contributed by atoms with Gasteiger partial charge in [0, 0.05) is 11.8 Å². The van der Waals surface area contributed by atoms with Gasteiger partial charge in [-0.1, -0.05) is 34.8 Å². The minimum absolute atomic E-state index is 0.156. The maximum Gasteiger partial charge on any atom is 0.246 e. The summed E-state index contributed by atoms with van der Waals surface area (Å²) in [5.74, 6) is 0.794. The first-order valence-corrected chi connectivity index (χ1v) is 6.68. The summed E-state index contributed by atoms with van der Waals surface area (Å²) in [5, 5.41) is 10.2. The van der Waals surface area contributed by atoms with Crippen LogP contribution in [-0.4, -0.2) is 15.1 Å². The van der Waals surface area contributed by atoms with Gasteiger partial charge in [0.05, 0.1) is 10.0 Å². The summed E-state index contributed by atoms with van der Waals surface area (Å²) in [6.45, 7) is 0. The monoisotopic (exact) mass is 328 g/mol. The first kappa shape index (κ1) is 13.4. The van der Waals surface area contributed by atoms with Crippen molar-refractivity contribution in [2.24, 2.45) is 0 Å². The van der Waals surface area contributed by atoms with Crippen LogP contribution in [-0.2, 0) is 0 Å². The van der Waals surface area contributed by atoms with Crippen LogP contribution in [0.3, 0.4) is 0 Å². The lowest BCUT2D eigenvalue weighted by molar-refractivity contribution is 0.475. The number of H-pyrrole nitrogens is 1. The number of rotatable bonds is 2. The van der Waals surface area contributed by atoms with Gasteiger partial charge in [-0.3, -0.25) is 0 Å². The maximum absolute atomic E-state index is 9.28. The third-order valence-electron chi connectivity index (χ3n) is 2.70. The SMILES string of the molecule is Oc1ccc(-c2oc(-c3[nH]cc(Cl)c3Cl)nc2Cl)cc1. The first-order chi connectivity index (χ1) is 9.56. The Morgan fingerprint density at radius 1 is 1.10 bits per heavy atom. The molecular weight excluding hydrogens is 323 g/mol. The second kappa shape index (κ2) is 5.05. The average Bonchev–Trinajstić information content (AvgIpc) is 2.95. The molecule has 1 aromatic carbocycles. The molecule has 2 aromatic heterocycles. The van der Waals surface area contributed by atoms with E-state index in [1.54, 1.807) is 12.1 Å². The number of phenolic OH excluding ortho intramolecular Hbond substituents is 1. The van der Waals surface area contributed by atoms with Crippen molar-refractivity contribution in [3.05, 3.63) is 45.7 Å². The van der Waals surface area contributed by atoms with E-state index < -0.39 is 0 Å². The number of oxazole rings is 1. The highest BCUT2D eigenvalue weighted by Crippen LogP contribution is 2.37. The van der Waals surface area contributed by atoms with E-state index in [1.165, 1.54) is 18.3 Å². The summed E-state index contributed by atoms with van der Waals surface area (Å²) in [6.07, 6.45) is 1.54. The van der Waals surface area contributed by atoms with Gasteiger partial charge in [-0.2, -0.15) is 4.98 Å². The molecule has 0 atom stereocenters. The van der Waals surface area contributed by atoms with E-state index in [0.717, 1.165) is 0 Å². The van der Waals surface area contributed by atoms with Gasteiger partial charge in [-0.15, -0.1) is 0 Å². The normalized spacial score (nSPS) is 10.9. The molecule has 102 valence electrons. The molecule has 0 radical (unpaired) electrons. The molecule has 2 N–H and O–H groups in total. The van der Waals surface area contributed by atoms with Crippen LogP contribution < -0.4 is 0 Å². The third-order valence-corrected chi connectivity index (χ3v) is 3.75. The Morgan fingerprint density at radius 3 is 2.40 bits per heavy atom. The Hall–Kier alpha value is -1.62. The van der Waals surface area contributed by atoms with Gasteiger partial charge in [-0.05, 0) is 24.3 Å². The number of benzene rings is 1. The van der Waals surface area contributed by atoms with Gasteiger partial charge in [0.1, 0.15) is 11.4 Å². The fourth-order valence-corrected chi connectivity index (χ4v) is 2.30. The molecule has 0 saturated carbocycles. The number of aromatic amines is 1. The Kier molecular flexibility index (Phi) is 3.38. The molecule has 7 heteroatoms. The summed E-state index contributed by atoms with van der Waals surface area (Å²) in [4.78, 5) is 6.99. The van der Waals surface area contributed by atoms with E-state index in [2.05, 4.69) is 9.97 Å². The molecule has 2 heterocycles. The molecule has 0 aliphatic carbocycles. The number of halogens is 3. The average molecular weight is 330 g/mol. The lowest BCUT2D eigenvalue weighted by Crippen LogP contribution is -1.76. The van der Waals surface area contributed by atoms with E-state index >= 15 is 0 Å². The van der Waals surface area contributed by atoms with Crippen LogP contribution in [0.2, 0.25) is 15.2 Å². The van der Waals surface area contributed by atoms with Crippen LogP contribution in [0.15, 0.2) is 34.9 Å². The molecule has 4 nitrogen and oxygen atoms in total. The van der Waals surface area contributed by atoms with Crippen LogP contribution in [0, 0.1) is 0 Å². The minimum Gasteiger partial charge on any atom is -0.508 e. The van der Waals surface area contributed by atoms with Crippen molar-refractivity contribution < 1.29 is 9.52 Å². The number of aromatic hydroxyl groups is 1. The summed E-state index contributed by atoms with van der Waals surface area (Å²) in [5.41, 5.74) is 1.16. The zero-order valence-corrected chi connectivity index (χ0v) is 12.1. The van der Waals surface area contributed by atoms with E-state index in [4.69, 9.17) is 39.2 Å². The number of nitrogens with one attached hydrogen (secondary N) is 1. The predicted molar refractivity (Wildman–Crippen MR) is 78.4 cm³/mol. The fraction of sp³-hybridized carbons (Fsp3) is 0. The molecule has 3 rings (SSSR count). The van der Waals surface area contributed by atoms with Crippen LogP contribution in [0.4, 0.5) is 0 Å². The van der Waals surface area contributed by atoms with Gasteiger partial charge in [0.25, 0.3) is 0 Å². The molecule has 0 saturated heterocycles. The molecule has 0 fully saturated rings. The van der Waals surface area contributed by atoms with Crippen molar-refractivity contribution in [2.45, 2.75) is 0 Å². The van der Waals surface area contributed by atoms with Crippen molar-refractivity contribution >= 4 is 34.8 Å². The second-order valence-corrected chi connectivity index (χ2v) is 5.15. The molecule has 20 heavy (non-hydrogen) atoms. The minimum atomic E-state index is 0.156. The van der Waals surface area contributed by atoms with Gasteiger partial charge in [-0.25, -0.2) is 0 Å². The molecule has 0 aliphatic heterocycles. The number of phenols is 1. The molecule has 0 unspecified atom stereocenters. The Morgan fingerprint density at radius 2 is 1.80 bits per heavy atom. The topological polar surface area (TPSA) is 62.1 Å². The third kappa shape index (κ3) is 2.26. The molecule has 0 aliphatic rings. The summed E-state index contributed by atoms with van der Waals surface area (Å²) < 4.78 is 5.62. The maximum atomic E-state index is 9.28. The van der Waals surface area contributed by atoms with E-state index in [-0.39, 0.29) is 16.8 Å². The van der Waals surface area contributed by atoms with E-state index in [9.17, 15) is 5.11 Å². The summed E-state index contributed by atoms with van der Waals surface area (Å²) in [7, 11) is 0. The quantitative estimate of drug-likeness (QED) is 0.695. The van der Waals surface area contributed by atoms with Gasteiger partial charge < -0.3 is 14.5 Å². The largest absolute Gasteiger partial charge is 0.508 e. The van der Waals surface area contributed by atoms with Gasteiger partial charge >= 0.3 is 0 Å². The molecule has 0 amide bonds. The smallest absolute Gasteiger partial charge is 0.246 e. The molecule has 0 bridgehead atoms. The van der Waals surface area contributed by atoms with Crippen LogP contribution >= 0.6 is 34.8 Å². The molecule has 0 spiro atoms. The standard InChI is InChI=1S/C13H7Cl3N2O2/c14-8-5-17-10(9(8)15)13-18-12(16)11(20-13)6-1-3-7(19)4-2-6/h1-5,17,19H. The first-order valence-electron chi connectivity index (χ1n) is 5.54. The summed E-state index contributed by atoms with van der Waals surface area (Å²) in [6, 6.07) is 6.42. The molecule has 3 aromatic rings. The van der Waals surface area contributed by atoms with E-state index in [1.807, 2.05) is 0 Å². The lowest BCUT2D eigenvalue weighted by Gasteiger charge is -1.97. The number of hydrogen-bond donors (Lipinski definition) is 2. The highest BCUT2D eigenvalue weighted by Gasteiger charge is 2.19. The Bertz CT molecular complexity index is 763. The molecular formula is C13H7Cl3N2O2. The summed E-state index contributed by atoms with van der Waals surface area (Å²) >= 11 is 18.0. The predicted octanol–water partition coefficient (Wildman–Crippen LogP) is 5.00. The van der Waals surface area contributed by atoms with Gasteiger partial charge in [0.2, 0.25) is 5.89 Å². The number of aromatic nitrogens is 2. The number of nitrogens with zero attached hydrogens (tertiary/aromatic N) is 1. The highest BCUT2D eigenvalue weighted by molar-refractivity contribution is 6.43. The van der Waals surface area contributed by atoms with Crippen molar-refractivity contribution in [3.8, 4) is 28.7 Å². The van der Waals surface area contributed by atoms with Crippen molar-refractivity contribution in [1.82, 2.24) is 9.97 Å². The van der Waals surface area contributed by atoms with Crippen molar-refractivity contribution in [1.29, 1.82) is 0 Å². The van der Waals surface area contributed by atoms with Crippen molar-refractivity contribution in [2.75, 3.05) is 0 Å². The van der Waals surface area contributed by atoms with Gasteiger partial charge in [0.15, 0.2) is 10.9 Å². The van der Waals surface area contributed by atoms with Crippen LogP contribution in [0.25, 0.3) is 22.9 Å². The second-order valence-electron chi connectivity index (χ2n) is 4.01. The fourth-order valence-electron chi connectivity index (χ4n) is 1.74. The lowest BCUT2D eigenvalue weighted by atomic mass is 10.2. The Balaban J connectivity index is 2.07. The van der Waals surface area contributed by atoms with Crippen LogP contribution in [0.1, 0.15) is 0 Å². The number of hydrogen-bond acceptors (Lipinski definition) is 3. The van der Waals surface area contributed by atoms with Crippen LogP contribution in [0.5, 0.6) is 5.75 Å². The zero-order chi connectivity index (χ0) is 14.3. The zero-order valence-electron chi connectivity index (χ0n) is 9.82. The van der Waals surface area contributed by atoms with E-state index in [0.29, 0.717) is 27.1 Å². The van der Waals surface area contributed by atoms with Crippen molar-refractivity contribution in [3.63, 3.8) is 0 Å². The Labute approximate surface area is 128 Å². The highest BCUT2D eigenvalue weighted by atomic mass is 35.5.